The SMILES string of the molecule is CC(=O)NC12CC3CC(C1)CC(C(=O)OC(C)C(=O)Nc1ccccc1Cl)(C3)C2. The molecule has 0 aliphatic heterocycles. The van der Waals surface area contributed by atoms with Crippen molar-refractivity contribution in [2.24, 2.45) is 17.3 Å². The number of amides is 2. The van der Waals surface area contributed by atoms with Gasteiger partial charge in [0.1, 0.15) is 0 Å². The summed E-state index contributed by atoms with van der Waals surface area (Å²) < 4.78 is 5.65. The highest BCUT2D eigenvalue weighted by Crippen LogP contribution is 2.62. The molecule has 3 unspecified atom stereocenters. The summed E-state index contributed by atoms with van der Waals surface area (Å²) in [5, 5.41) is 6.29. The van der Waals surface area contributed by atoms with Gasteiger partial charge < -0.3 is 15.4 Å². The number of esters is 1. The minimum Gasteiger partial charge on any atom is -0.452 e. The molecule has 0 saturated heterocycles. The van der Waals surface area contributed by atoms with Crippen LogP contribution in [0.4, 0.5) is 5.69 Å². The van der Waals surface area contributed by atoms with Gasteiger partial charge in [-0.1, -0.05) is 23.7 Å². The van der Waals surface area contributed by atoms with Gasteiger partial charge in [-0.15, -0.1) is 0 Å². The van der Waals surface area contributed by atoms with Gasteiger partial charge >= 0.3 is 5.97 Å². The van der Waals surface area contributed by atoms with E-state index in [1.807, 2.05) is 0 Å². The summed E-state index contributed by atoms with van der Waals surface area (Å²) in [5.41, 5.74) is -0.426. The summed E-state index contributed by atoms with van der Waals surface area (Å²) in [6, 6.07) is 6.93. The van der Waals surface area contributed by atoms with Crippen LogP contribution in [0.3, 0.4) is 0 Å². The maximum absolute atomic E-state index is 13.2. The number of ether oxygens (including phenoxy) is 1. The largest absolute Gasteiger partial charge is 0.452 e. The Morgan fingerprint density at radius 2 is 1.79 bits per heavy atom. The van der Waals surface area contributed by atoms with Crippen molar-refractivity contribution in [1.82, 2.24) is 5.32 Å². The molecule has 3 atom stereocenters. The molecule has 0 radical (unpaired) electrons. The lowest BCUT2D eigenvalue weighted by molar-refractivity contribution is -0.181. The number of halogens is 1. The van der Waals surface area contributed by atoms with Crippen LogP contribution >= 0.6 is 11.6 Å². The third-order valence-corrected chi connectivity index (χ3v) is 7.05. The van der Waals surface area contributed by atoms with Crippen LogP contribution in [0.5, 0.6) is 0 Å². The second-order valence-corrected chi connectivity index (χ2v) is 9.63. The lowest BCUT2D eigenvalue weighted by Crippen LogP contribution is -2.65. The summed E-state index contributed by atoms with van der Waals surface area (Å²) in [7, 11) is 0. The van der Waals surface area contributed by atoms with Crippen LogP contribution in [0, 0.1) is 17.3 Å². The Kier molecular flexibility index (Phi) is 5.09. The van der Waals surface area contributed by atoms with Crippen LogP contribution in [-0.2, 0) is 19.1 Å². The van der Waals surface area contributed by atoms with E-state index in [1.54, 1.807) is 31.2 Å². The Bertz CT molecular complexity index is 841. The van der Waals surface area contributed by atoms with E-state index >= 15 is 0 Å². The van der Waals surface area contributed by atoms with Gasteiger partial charge in [0.2, 0.25) is 5.91 Å². The Hall–Kier alpha value is -2.08. The van der Waals surface area contributed by atoms with Crippen molar-refractivity contribution in [3.05, 3.63) is 29.3 Å². The lowest BCUT2D eigenvalue weighted by atomic mass is 9.47. The third-order valence-electron chi connectivity index (χ3n) is 6.72. The highest BCUT2D eigenvalue weighted by molar-refractivity contribution is 6.33. The quantitative estimate of drug-likeness (QED) is 0.714. The molecule has 2 N–H and O–H groups in total. The van der Waals surface area contributed by atoms with Crippen LogP contribution in [0.1, 0.15) is 52.4 Å². The minimum atomic E-state index is -0.927. The summed E-state index contributed by atoms with van der Waals surface area (Å²) in [5.74, 6) is 0.0599. The fraction of sp³-hybridized carbons (Fsp3) is 0.591. The predicted octanol–water partition coefficient (Wildman–Crippen LogP) is 3.69. The van der Waals surface area contributed by atoms with E-state index in [9.17, 15) is 14.4 Å². The van der Waals surface area contributed by atoms with Crippen molar-refractivity contribution in [2.75, 3.05) is 5.32 Å². The zero-order valence-electron chi connectivity index (χ0n) is 16.8. The molecule has 4 bridgehead atoms. The third kappa shape index (κ3) is 3.87. The van der Waals surface area contributed by atoms with Crippen LogP contribution in [0.2, 0.25) is 5.02 Å². The van der Waals surface area contributed by atoms with E-state index in [4.69, 9.17) is 16.3 Å². The molecule has 6 nitrogen and oxygen atoms in total. The first-order valence-electron chi connectivity index (χ1n) is 10.3. The summed E-state index contributed by atoms with van der Waals surface area (Å²) >= 11 is 6.09. The average molecular weight is 419 g/mol. The average Bonchev–Trinajstić information content (AvgIpc) is 2.61. The fourth-order valence-corrected chi connectivity index (χ4v) is 6.34. The van der Waals surface area contributed by atoms with Gasteiger partial charge in [0.05, 0.1) is 16.1 Å². The summed E-state index contributed by atoms with van der Waals surface area (Å²) in [6.45, 7) is 3.11. The number of benzene rings is 1. The molecule has 5 rings (SSSR count). The molecule has 0 spiro atoms. The van der Waals surface area contributed by atoms with Gasteiger partial charge in [0.15, 0.2) is 6.10 Å². The van der Waals surface area contributed by atoms with Crippen molar-refractivity contribution in [3.8, 4) is 0 Å². The molecular formula is C22H27ClN2O4. The Balaban J connectivity index is 1.46. The highest BCUT2D eigenvalue weighted by atomic mass is 35.5. The van der Waals surface area contributed by atoms with Gasteiger partial charge in [0, 0.05) is 12.5 Å². The van der Waals surface area contributed by atoms with Crippen molar-refractivity contribution in [2.45, 2.75) is 64.0 Å². The second kappa shape index (κ2) is 7.31. The standard InChI is InChI=1S/C22H27ClN2O4/c1-13(19(27)24-18-6-4-3-5-17(18)23)29-20(28)21-8-15-7-16(9-21)11-22(10-15,12-21)25-14(2)26/h3-6,13,15-16H,7-12H2,1-2H3,(H,24,27)(H,25,26). The number of para-hydroxylation sites is 1. The summed E-state index contributed by atoms with van der Waals surface area (Å²) in [4.78, 5) is 37.5. The molecule has 156 valence electrons. The van der Waals surface area contributed by atoms with Gasteiger partial charge in [-0.25, -0.2) is 0 Å². The van der Waals surface area contributed by atoms with Gasteiger partial charge in [0.25, 0.3) is 5.91 Å². The van der Waals surface area contributed by atoms with Crippen molar-refractivity contribution < 1.29 is 19.1 Å². The van der Waals surface area contributed by atoms with E-state index in [1.165, 1.54) is 6.92 Å². The molecule has 2 amide bonds. The molecule has 4 aliphatic rings. The normalized spacial score (nSPS) is 33.1. The molecule has 7 heteroatoms. The van der Waals surface area contributed by atoms with Crippen LogP contribution in [0.15, 0.2) is 24.3 Å². The smallest absolute Gasteiger partial charge is 0.312 e. The van der Waals surface area contributed by atoms with E-state index in [0.717, 1.165) is 32.1 Å². The molecule has 4 saturated carbocycles. The van der Waals surface area contributed by atoms with Crippen molar-refractivity contribution in [1.29, 1.82) is 0 Å². The van der Waals surface area contributed by atoms with Gasteiger partial charge in [-0.3, -0.25) is 14.4 Å². The molecule has 1 aromatic rings. The molecule has 29 heavy (non-hydrogen) atoms. The second-order valence-electron chi connectivity index (χ2n) is 9.22. The Labute approximate surface area is 175 Å². The number of anilines is 1. The van der Waals surface area contributed by atoms with E-state index in [0.29, 0.717) is 29.0 Å². The predicted molar refractivity (Wildman–Crippen MR) is 109 cm³/mol. The van der Waals surface area contributed by atoms with Crippen LogP contribution < -0.4 is 10.6 Å². The molecule has 4 fully saturated rings. The number of hydrogen-bond donors (Lipinski definition) is 2. The highest BCUT2D eigenvalue weighted by Gasteiger charge is 2.61. The van der Waals surface area contributed by atoms with Gasteiger partial charge in [-0.2, -0.15) is 0 Å². The first-order valence-corrected chi connectivity index (χ1v) is 10.6. The molecule has 0 heterocycles. The fourth-order valence-electron chi connectivity index (χ4n) is 6.16. The van der Waals surface area contributed by atoms with Crippen LogP contribution in [-0.4, -0.2) is 29.4 Å². The summed E-state index contributed by atoms with van der Waals surface area (Å²) in [6.07, 6.45) is 4.21. The maximum atomic E-state index is 13.2. The monoisotopic (exact) mass is 418 g/mol. The van der Waals surface area contributed by atoms with Crippen molar-refractivity contribution in [3.63, 3.8) is 0 Å². The molecule has 0 aromatic heterocycles. The zero-order valence-corrected chi connectivity index (χ0v) is 17.6. The number of rotatable bonds is 5. The maximum Gasteiger partial charge on any atom is 0.312 e. The Morgan fingerprint density at radius 1 is 1.14 bits per heavy atom. The van der Waals surface area contributed by atoms with Crippen LogP contribution in [0.25, 0.3) is 0 Å². The van der Waals surface area contributed by atoms with Crippen molar-refractivity contribution >= 4 is 35.1 Å². The lowest BCUT2D eigenvalue weighted by Gasteiger charge is -2.60. The number of nitrogens with one attached hydrogen (secondary N) is 2. The van der Waals surface area contributed by atoms with Gasteiger partial charge in [-0.05, 0) is 69.4 Å². The molecule has 4 aliphatic carbocycles. The zero-order chi connectivity index (χ0) is 20.8. The van der Waals surface area contributed by atoms with E-state index in [2.05, 4.69) is 10.6 Å². The number of carbonyl (C=O) groups excluding carboxylic acids is 3. The number of hydrogen-bond acceptors (Lipinski definition) is 4. The van der Waals surface area contributed by atoms with E-state index < -0.39 is 17.4 Å². The first-order chi connectivity index (χ1) is 13.7. The molecule has 1 aromatic carbocycles. The van der Waals surface area contributed by atoms with E-state index in [-0.39, 0.29) is 17.4 Å². The molecular weight excluding hydrogens is 392 g/mol. The number of carbonyl (C=O) groups is 3. The minimum absolute atomic E-state index is 0.0528. The Morgan fingerprint density at radius 3 is 2.41 bits per heavy atom. The topological polar surface area (TPSA) is 84.5 Å². The first kappa shape index (κ1) is 20.2.